The number of hydrogen-bond donors (Lipinski definition) is 2. The lowest BCUT2D eigenvalue weighted by Gasteiger charge is -2.20. The van der Waals surface area contributed by atoms with Crippen LogP contribution >= 0.6 is 0 Å². The van der Waals surface area contributed by atoms with Gasteiger partial charge in [-0.05, 0) is 17.9 Å². The van der Waals surface area contributed by atoms with Crippen LogP contribution in [0.4, 0.5) is 0 Å². The molecule has 0 aliphatic rings. The molecule has 1 rings (SSSR count). The maximum absolute atomic E-state index is 12.1. The molecule has 2 atom stereocenters. The van der Waals surface area contributed by atoms with Crippen molar-refractivity contribution in [3.63, 3.8) is 0 Å². The monoisotopic (exact) mass is 292 g/mol. The van der Waals surface area contributed by atoms with Crippen LogP contribution in [0.15, 0.2) is 30.3 Å². The Morgan fingerprint density at radius 2 is 1.86 bits per heavy atom. The maximum Gasteiger partial charge on any atom is 0.328 e. The molecule has 0 bridgehead atoms. The van der Waals surface area contributed by atoms with Gasteiger partial charge in [0.15, 0.2) is 0 Å². The van der Waals surface area contributed by atoms with Gasteiger partial charge in [-0.15, -0.1) is 0 Å². The summed E-state index contributed by atoms with van der Waals surface area (Å²) in [6.45, 7) is 3.99. The number of ether oxygens (including phenoxy) is 1. The number of carbonyl (C=O) groups excluding carboxylic acids is 2. The van der Waals surface area contributed by atoms with E-state index < -0.39 is 18.1 Å². The van der Waals surface area contributed by atoms with Crippen LogP contribution < -0.4 is 11.1 Å². The Morgan fingerprint density at radius 3 is 2.38 bits per heavy atom. The molecule has 5 nitrogen and oxygen atoms in total. The molecule has 1 amide bonds. The van der Waals surface area contributed by atoms with Gasteiger partial charge in [0, 0.05) is 6.42 Å². The first kappa shape index (κ1) is 17.2. The number of benzene rings is 1. The largest absolute Gasteiger partial charge is 0.467 e. The standard InChI is InChI=1S/C16H24N2O3/c1-11(2)9-13(17)15(19)18-14(16(20)21-3)10-12-7-5-4-6-8-12/h4-8,11,13-14H,9-10,17H2,1-3H3,(H,18,19)/t13-,14?/m1/s1. The smallest absolute Gasteiger partial charge is 0.328 e. The highest BCUT2D eigenvalue weighted by Crippen LogP contribution is 2.07. The second-order valence-corrected chi connectivity index (χ2v) is 5.51. The van der Waals surface area contributed by atoms with Crippen LogP contribution in [-0.4, -0.2) is 31.1 Å². The molecule has 1 aromatic carbocycles. The average Bonchev–Trinajstić information content (AvgIpc) is 2.46. The Labute approximate surface area is 125 Å². The quantitative estimate of drug-likeness (QED) is 0.741. The van der Waals surface area contributed by atoms with Crippen molar-refractivity contribution in [3.8, 4) is 0 Å². The van der Waals surface area contributed by atoms with E-state index in [1.807, 2.05) is 44.2 Å². The van der Waals surface area contributed by atoms with Crippen molar-refractivity contribution in [2.45, 2.75) is 38.8 Å². The normalized spacial score (nSPS) is 13.6. The molecule has 116 valence electrons. The van der Waals surface area contributed by atoms with Crippen LogP contribution in [-0.2, 0) is 20.7 Å². The topological polar surface area (TPSA) is 81.4 Å². The van der Waals surface area contributed by atoms with E-state index in [1.54, 1.807) is 0 Å². The van der Waals surface area contributed by atoms with E-state index in [4.69, 9.17) is 10.5 Å². The van der Waals surface area contributed by atoms with E-state index in [-0.39, 0.29) is 5.91 Å². The summed E-state index contributed by atoms with van der Waals surface area (Å²) < 4.78 is 4.75. The Morgan fingerprint density at radius 1 is 1.24 bits per heavy atom. The minimum atomic E-state index is -0.719. The summed E-state index contributed by atoms with van der Waals surface area (Å²) in [4.78, 5) is 23.9. The van der Waals surface area contributed by atoms with Crippen LogP contribution in [0.2, 0.25) is 0 Å². The van der Waals surface area contributed by atoms with Crippen molar-refractivity contribution in [2.24, 2.45) is 11.7 Å². The number of rotatable bonds is 7. The Kier molecular flexibility index (Phi) is 6.88. The molecule has 21 heavy (non-hydrogen) atoms. The fraction of sp³-hybridized carbons (Fsp3) is 0.500. The minimum absolute atomic E-state index is 0.316. The van der Waals surface area contributed by atoms with Crippen molar-refractivity contribution >= 4 is 11.9 Å². The number of nitrogens with two attached hydrogens (primary N) is 1. The molecule has 0 fully saturated rings. The molecule has 5 heteroatoms. The van der Waals surface area contributed by atoms with Crippen LogP contribution in [0.1, 0.15) is 25.8 Å². The number of esters is 1. The molecule has 1 aromatic rings. The van der Waals surface area contributed by atoms with Gasteiger partial charge in [-0.3, -0.25) is 4.79 Å². The van der Waals surface area contributed by atoms with Gasteiger partial charge in [0.05, 0.1) is 13.2 Å². The minimum Gasteiger partial charge on any atom is -0.467 e. The molecular formula is C16H24N2O3. The van der Waals surface area contributed by atoms with Crippen molar-refractivity contribution in [3.05, 3.63) is 35.9 Å². The molecule has 0 saturated carbocycles. The summed E-state index contributed by atoms with van der Waals surface area (Å²) in [5.74, 6) is -0.476. The average molecular weight is 292 g/mol. The van der Waals surface area contributed by atoms with Gasteiger partial charge in [0.25, 0.3) is 0 Å². The highest BCUT2D eigenvalue weighted by atomic mass is 16.5. The van der Waals surface area contributed by atoms with Gasteiger partial charge in [0.2, 0.25) is 5.91 Å². The second-order valence-electron chi connectivity index (χ2n) is 5.51. The summed E-state index contributed by atoms with van der Waals surface area (Å²) in [5, 5.41) is 2.68. The van der Waals surface area contributed by atoms with Crippen LogP contribution in [0.25, 0.3) is 0 Å². The van der Waals surface area contributed by atoms with Crippen molar-refractivity contribution < 1.29 is 14.3 Å². The fourth-order valence-electron chi connectivity index (χ4n) is 2.08. The van der Waals surface area contributed by atoms with E-state index in [0.717, 1.165) is 5.56 Å². The van der Waals surface area contributed by atoms with Crippen LogP contribution in [0.5, 0.6) is 0 Å². The lowest BCUT2D eigenvalue weighted by Crippen LogP contribution is -2.50. The predicted molar refractivity (Wildman–Crippen MR) is 81.5 cm³/mol. The SMILES string of the molecule is COC(=O)C(Cc1ccccc1)NC(=O)[C@H](N)CC(C)C. The number of hydrogen-bond acceptors (Lipinski definition) is 4. The Hall–Kier alpha value is -1.88. The fourth-order valence-corrected chi connectivity index (χ4v) is 2.08. The second kappa shape index (κ2) is 8.42. The first-order valence-electron chi connectivity index (χ1n) is 7.11. The van der Waals surface area contributed by atoms with E-state index in [1.165, 1.54) is 7.11 Å². The van der Waals surface area contributed by atoms with E-state index >= 15 is 0 Å². The van der Waals surface area contributed by atoms with E-state index in [9.17, 15) is 9.59 Å². The number of carbonyl (C=O) groups is 2. The summed E-state index contributed by atoms with van der Waals surface area (Å²) in [6.07, 6.45) is 0.957. The molecular weight excluding hydrogens is 268 g/mol. The summed E-state index contributed by atoms with van der Waals surface area (Å²) >= 11 is 0. The lowest BCUT2D eigenvalue weighted by molar-refractivity contribution is -0.145. The highest BCUT2D eigenvalue weighted by Gasteiger charge is 2.24. The lowest BCUT2D eigenvalue weighted by atomic mass is 10.0. The van der Waals surface area contributed by atoms with Crippen molar-refractivity contribution in [1.82, 2.24) is 5.32 Å². The summed E-state index contributed by atoms with van der Waals surface area (Å²) in [7, 11) is 1.31. The summed E-state index contributed by atoms with van der Waals surface area (Å²) in [6, 6.07) is 8.13. The third-order valence-corrected chi connectivity index (χ3v) is 3.15. The van der Waals surface area contributed by atoms with Crippen molar-refractivity contribution in [1.29, 1.82) is 0 Å². The third-order valence-electron chi connectivity index (χ3n) is 3.15. The summed E-state index contributed by atoms with van der Waals surface area (Å²) in [5.41, 5.74) is 6.79. The first-order chi connectivity index (χ1) is 9.93. The number of amides is 1. The molecule has 0 aliphatic carbocycles. The zero-order valence-electron chi connectivity index (χ0n) is 12.8. The van der Waals surface area contributed by atoms with Gasteiger partial charge in [-0.2, -0.15) is 0 Å². The Bertz CT molecular complexity index is 460. The van der Waals surface area contributed by atoms with Gasteiger partial charge in [-0.25, -0.2) is 4.79 Å². The van der Waals surface area contributed by atoms with Gasteiger partial charge in [0.1, 0.15) is 6.04 Å². The van der Waals surface area contributed by atoms with Crippen molar-refractivity contribution in [2.75, 3.05) is 7.11 Å². The van der Waals surface area contributed by atoms with Crippen LogP contribution in [0.3, 0.4) is 0 Å². The van der Waals surface area contributed by atoms with Crippen LogP contribution in [0, 0.1) is 5.92 Å². The molecule has 3 N–H and O–H groups in total. The first-order valence-corrected chi connectivity index (χ1v) is 7.11. The zero-order chi connectivity index (χ0) is 15.8. The van der Waals surface area contributed by atoms with Gasteiger partial charge in [-0.1, -0.05) is 44.2 Å². The molecule has 0 saturated heterocycles. The molecule has 0 heterocycles. The van der Waals surface area contributed by atoms with E-state index in [0.29, 0.717) is 18.8 Å². The third kappa shape index (κ3) is 5.95. The zero-order valence-corrected chi connectivity index (χ0v) is 12.8. The maximum atomic E-state index is 12.1. The predicted octanol–water partition coefficient (Wildman–Crippen LogP) is 1.26. The molecule has 0 spiro atoms. The van der Waals surface area contributed by atoms with Gasteiger partial charge >= 0.3 is 5.97 Å². The van der Waals surface area contributed by atoms with E-state index in [2.05, 4.69) is 5.32 Å². The highest BCUT2D eigenvalue weighted by molar-refractivity contribution is 5.87. The van der Waals surface area contributed by atoms with Gasteiger partial charge < -0.3 is 15.8 Å². The molecule has 0 aliphatic heterocycles. The molecule has 1 unspecified atom stereocenters. The number of nitrogens with one attached hydrogen (secondary N) is 1. The molecule has 0 aromatic heterocycles. The number of methoxy groups -OCH3 is 1. The Balaban J connectivity index is 2.70. The molecule has 0 radical (unpaired) electrons.